The van der Waals surface area contributed by atoms with Crippen LogP contribution in [0, 0.1) is 6.92 Å². The van der Waals surface area contributed by atoms with Crippen molar-refractivity contribution in [2.24, 2.45) is 0 Å². The highest BCUT2D eigenvalue weighted by atomic mass is 32.2. The molecule has 0 aliphatic carbocycles. The van der Waals surface area contributed by atoms with Gasteiger partial charge in [-0.1, -0.05) is 41.6 Å². The molecule has 1 amide bonds. The maximum Gasteiger partial charge on any atom is 0.338 e. The second-order valence-electron chi connectivity index (χ2n) is 9.27. The van der Waals surface area contributed by atoms with E-state index in [4.69, 9.17) is 4.74 Å². The minimum Gasteiger partial charge on any atom is -0.456 e. The maximum absolute atomic E-state index is 13.3. The predicted molar refractivity (Wildman–Crippen MR) is 146 cm³/mol. The summed E-state index contributed by atoms with van der Waals surface area (Å²) in [6.07, 6.45) is 0. The molecular weight excluding hydrogens is 494 g/mol. The monoisotopic (exact) mass is 523 g/mol. The van der Waals surface area contributed by atoms with Gasteiger partial charge in [0.05, 0.1) is 22.4 Å². The zero-order valence-electron chi connectivity index (χ0n) is 20.5. The van der Waals surface area contributed by atoms with Crippen LogP contribution in [0.25, 0.3) is 15.9 Å². The molecule has 0 unspecified atom stereocenters. The van der Waals surface area contributed by atoms with Gasteiger partial charge in [0.1, 0.15) is 10.4 Å². The summed E-state index contributed by atoms with van der Waals surface area (Å²) in [7, 11) is 0. The van der Waals surface area contributed by atoms with Gasteiger partial charge in [-0.2, -0.15) is 0 Å². The Balaban J connectivity index is 0.00000380. The van der Waals surface area contributed by atoms with Crippen molar-refractivity contribution >= 4 is 45.2 Å². The van der Waals surface area contributed by atoms with Crippen LogP contribution in [0.15, 0.2) is 69.9 Å². The Morgan fingerprint density at radius 2 is 1.78 bits per heavy atom. The zero-order chi connectivity index (χ0) is 25.9. The van der Waals surface area contributed by atoms with Crippen molar-refractivity contribution in [3.63, 3.8) is 0 Å². The summed E-state index contributed by atoms with van der Waals surface area (Å²) in [4.78, 5) is 43.5. The Kier molecular flexibility index (Phi) is 7.61. The number of carbonyl (C=O) groups is 2. The van der Waals surface area contributed by atoms with Gasteiger partial charge in [-0.05, 0) is 69.0 Å². The van der Waals surface area contributed by atoms with Gasteiger partial charge in [0.25, 0.3) is 5.56 Å². The van der Waals surface area contributed by atoms with Gasteiger partial charge in [-0.25, -0.2) is 9.78 Å². The third-order valence-electron chi connectivity index (χ3n) is 5.17. The van der Waals surface area contributed by atoms with Crippen LogP contribution in [0.3, 0.4) is 0 Å². The summed E-state index contributed by atoms with van der Waals surface area (Å²) in [6, 6.07) is 16.3. The quantitative estimate of drug-likeness (QED) is 0.199. The number of aryl methyl sites for hydroxylation is 1. The number of thiophene rings is 1. The summed E-state index contributed by atoms with van der Waals surface area (Å²) in [6.45, 7) is 7.86. The number of aromatic nitrogens is 2. The third kappa shape index (κ3) is 6.22. The number of nitrogens with zero attached hydrogens (tertiary/aromatic N) is 2. The van der Waals surface area contributed by atoms with E-state index in [1.165, 1.54) is 27.7 Å². The number of esters is 1. The number of amides is 1. The summed E-state index contributed by atoms with van der Waals surface area (Å²) in [5.41, 5.74) is 2.27. The number of carbonyl (C=O) groups excluding carboxylic acids is 2. The molecule has 2 aromatic carbocycles. The molecule has 0 aliphatic rings. The number of hydrogen-bond acceptors (Lipinski definition) is 7. The molecule has 9 heteroatoms. The average molecular weight is 524 g/mol. The van der Waals surface area contributed by atoms with Gasteiger partial charge in [-0.15, -0.1) is 11.3 Å². The molecule has 0 bridgehead atoms. The lowest BCUT2D eigenvalue weighted by molar-refractivity contribution is -0.118. The van der Waals surface area contributed by atoms with E-state index in [-0.39, 0.29) is 18.6 Å². The van der Waals surface area contributed by atoms with E-state index in [1.807, 2.05) is 36.6 Å². The second kappa shape index (κ2) is 10.7. The molecule has 2 aromatic heterocycles. The van der Waals surface area contributed by atoms with E-state index in [0.717, 1.165) is 11.1 Å². The van der Waals surface area contributed by atoms with Gasteiger partial charge in [-0.3, -0.25) is 14.2 Å². The minimum absolute atomic E-state index is 0. The van der Waals surface area contributed by atoms with E-state index in [9.17, 15) is 14.4 Å². The Morgan fingerprint density at radius 1 is 1.08 bits per heavy atom. The molecule has 188 valence electrons. The maximum atomic E-state index is 13.3. The molecule has 0 saturated heterocycles. The Bertz CT molecular complexity index is 1460. The highest BCUT2D eigenvalue weighted by Gasteiger charge is 2.19. The number of thioether (sulfide) groups is 1. The SMILES string of the molecule is Cc1ccc(CNC(=O)CSc2nc3sccc3c(=O)n2-c2ccc(C(=O)OC(C)(C)C)cc2)cc1.[HH]. The smallest absolute Gasteiger partial charge is 0.338 e. The van der Waals surface area contributed by atoms with Crippen LogP contribution in [0.5, 0.6) is 0 Å². The molecule has 36 heavy (non-hydrogen) atoms. The van der Waals surface area contributed by atoms with Crippen LogP contribution in [-0.4, -0.2) is 32.8 Å². The first-order chi connectivity index (χ1) is 17.1. The number of benzene rings is 2. The van der Waals surface area contributed by atoms with Crippen molar-refractivity contribution in [3.05, 3.63) is 87.0 Å². The number of fused-ring (bicyclic) bond motifs is 1. The Morgan fingerprint density at radius 3 is 2.44 bits per heavy atom. The molecule has 0 fully saturated rings. The molecule has 2 heterocycles. The first kappa shape index (κ1) is 25.7. The Labute approximate surface area is 219 Å². The molecule has 1 N–H and O–H groups in total. The molecule has 0 saturated carbocycles. The van der Waals surface area contributed by atoms with Crippen molar-refractivity contribution in [2.45, 2.75) is 45.0 Å². The lowest BCUT2D eigenvalue weighted by Gasteiger charge is -2.19. The number of nitrogens with one attached hydrogen (secondary N) is 1. The van der Waals surface area contributed by atoms with E-state index in [2.05, 4.69) is 10.3 Å². The van der Waals surface area contributed by atoms with Gasteiger partial charge in [0.2, 0.25) is 5.91 Å². The van der Waals surface area contributed by atoms with Crippen LogP contribution in [0.4, 0.5) is 0 Å². The normalized spacial score (nSPS) is 11.4. The summed E-state index contributed by atoms with van der Waals surface area (Å²) >= 11 is 2.57. The van der Waals surface area contributed by atoms with Crippen molar-refractivity contribution < 1.29 is 15.8 Å². The third-order valence-corrected chi connectivity index (χ3v) is 6.91. The van der Waals surface area contributed by atoms with E-state index >= 15 is 0 Å². The zero-order valence-corrected chi connectivity index (χ0v) is 22.2. The molecule has 0 aliphatic heterocycles. The Hall–Kier alpha value is -3.43. The molecular formula is C27H29N3O4S2. The number of ether oxygens (including phenoxy) is 1. The van der Waals surface area contributed by atoms with Crippen LogP contribution in [0.1, 0.15) is 43.7 Å². The van der Waals surface area contributed by atoms with E-state index in [0.29, 0.717) is 33.2 Å². The van der Waals surface area contributed by atoms with Gasteiger partial charge >= 0.3 is 5.97 Å². The molecule has 4 aromatic rings. The molecule has 0 radical (unpaired) electrons. The van der Waals surface area contributed by atoms with Crippen LogP contribution >= 0.6 is 23.1 Å². The van der Waals surface area contributed by atoms with Crippen molar-refractivity contribution in [2.75, 3.05) is 5.75 Å². The number of hydrogen-bond donors (Lipinski definition) is 1. The van der Waals surface area contributed by atoms with Crippen molar-refractivity contribution in [3.8, 4) is 5.69 Å². The fourth-order valence-electron chi connectivity index (χ4n) is 3.39. The average Bonchev–Trinajstić information content (AvgIpc) is 3.31. The van der Waals surface area contributed by atoms with Gasteiger partial charge < -0.3 is 10.1 Å². The lowest BCUT2D eigenvalue weighted by atomic mass is 10.1. The lowest BCUT2D eigenvalue weighted by Crippen LogP contribution is -2.26. The van der Waals surface area contributed by atoms with Gasteiger partial charge in [0, 0.05) is 7.97 Å². The topological polar surface area (TPSA) is 90.3 Å². The standard InChI is InChI=1S/C27H27N3O4S2.H2/c1-17-5-7-18(8-6-17)15-28-22(31)16-36-26-29-23-21(13-14-35-23)24(32)30(26)20-11-9-19(10-12-20)25(33)34-27(2,3)4;/h5-14H,15-16H2,1-4H3,(H,28,31);1H. The summed E-state index contributed by atoms with van der Waals surface area (Å²) in [5.74, 6) is -0.494. The van der Waals surface area contributed by atoms with Gasteiger partial charge in [0.15, 0.2) is 5.16 Å². The predicted octanol–water partition coefficient (Wildman–Crippen LogP) is 5.37. The highest BCUT2D eigenvalue weighted by Crippen LogP contribution is 2.24. The van der Waals surface area contributed by atoms with Crippen LogP contribution in [-0.2, 0) is 16.1 Å². The highest BCUT2D eigenvalue weighted by molar-refractivity contribution is 7.99. The largest absolute Gasteiger partial charge is 0.456 e. The molecule has 0 spiro atoms. The first-order valence-electron chi connectivity index (χ1n) is 11.4. The van der Waals surface area contributed by atoms with E-state index in [1.54, 1.807) is 51.1 Å². The summed E-state index contributed by atoms with van der Waals surface area (Å²) < 4.78 is 6.90. The van der Waals surface area contributed by atoms with Crippen molar-refractivity contribution in [1.82, 2.24) is 14.9 Å². The minimum atomic E-state index is -0.607. The van der Waals surface area contributed by atoms with Crippen LogP contribution < -0.4 is 10.9 Å². The fourth-order valence-corrected chi connectivity index (χ4v) is 5.04. The van der Waals surface area contributed by atoms with E-state index < -0.39 is 11.6 Å². The van der Waals surface area contributed by atoms with Crippen molar-refractivity contribution in [1.29, 1.82) is 0 Å². The number of rotatable bonds is 7. The molecule has 7 nitrogen and oxygen atoms in total. The van der Waals surface area contributed by atoms with Crippen LogP contribution in [0.2, 0.25) is 0 Å². The first-order valence-corrected chi connectivity index (χ1v) is 13.3. The molecule has 4 rings (SSSR count). The molecule has 0 atom stereocenters. The fraction of sp³-hybridized carbons (Fsp3) is 0.259. The summed E-state index contributed by atoms with van der Waals surface area (Å²) in [5, 5.41) is 5.64. The second-order valence-corrected chi connectivity index (χ2v) is 11.1.